The normalized spacial score (nSPS) is 10.6. The number of carboxylic acid groups (broad SMARTS) is 1. The minimum Gasteiger partial charge on any atom is -0.481 e. The third-order valence-corrected chi connectivity index (χ3v) is 3.31. The van der Waals surface area contributed by atoms with Crippen LogP contribution in [-0.4, -0.2) is 20.9 Å². The van der Waals surface area contributed by atoms with Gasteiger partial charge in [-0.15, -0.1) is 0 Å². The highest BCUT2D eigenvalue weighted by Crippen LogP contribution is 2.31. The zero-order chi connectivity index (χ0) is 13.3. The van der Waals surface area contributed by atoms with Crippen LogP contribution in [0, 0.1) is 5.82 Å². The van der Waals surface area contributed by atoms with E-state index in [9.17, 15) is 9.18 Å². The highest BCUT2D eigenvalue weighted by atomic mass is 79.9. The van der Waals surface area contributed by atoms with E-state index in [4.69, 9.17) is 5.11 Å². The molecular weight excluding hydrogens is 303 g/mol. The largest absolute Gasteiger partial charge is 0.481 e. The zero-order valence-corrected chi connectivity index (χ0v) is 11.1. The Hall–Kier alpha value is -1.69. The van der Waals surface area contributed by atoms with Crippen LogP contribution >= 0.6 is 15.9 Å². The van der Waals surface area contributed by atoms with Crippen molar-refractivity contribution in [3.8, 4) is 11.3 Å². The van der Waals surface area contributed by atoms with Crippen molar-refractivity contribution in [2.45, 2.75) is 6.42 Å². The van der Waals surface area contributed by atoms with Crippen LogP contribution in [0.4, 0.5) is 4.39 Å². The van der Waals surface area contributed by atoms with E-state index >= 15 is 0 Å². The molecule has 0 atom stereocenters. The minimum absolute atomic E-state index is 0.177. The van der Waals surface area contributed by atoms with Gasteiger partial charge in [0.1, 0.15) is 5.82 Å². The van der Waals surface area contributed by atoms with Crippen LogP contribution in [-0.2, 0) is 18.3 Å². The number of aliphatic carboxylic acids is 1. The van der Waals surface area contributed by atoms with Gasteiger partial charge in [0, 0.05) is 12.6 Å². The standard InChI is InChI=1S/C12H10BrFN2O2/c1-16-12(7-3-2-4-8(14)5-7)11(13)9(15-16)6-10(17)18/h2-5H,6H2,1H3,(H,17,18). The fourth-order valence-electron chi connectivity index (χ4n) is 1.76. The lowest BCUT2D eigenvalue weighted by Crippen LogP contribution is -2.02. The van der Waals surface area contributed by atoms with Crippen LogP contribution in [0.15, 0.2) is 28.7 Å². The molecule has 2 rings (SSSR count). The molecule has 0 fully saturated rings. The maximum atomic E-state index is 13.2. The molecule has 2 aromatic rings. The Kier molecular flexibility index (Phi) is 3.47. The van der Waals surface area contributed by atoms with E-state index in [-0.39, 0.29) is 12.2 Å². The lowest BCUT2D eigenvalue weighted by molar-refractivity contribution is -0.136. The van der Waals surface area contributed by atoms with E-state index in [2.05, 4.69) is 21.0 Å². The first-order chi connectivity index (χ1) is 8.49. The summed E-state index contributed by atoms with van der Waals surface area (Å²) < 4.78 is 15.3. The molecule has 0 saturated heterocycles. The SMILES string of the molecule is Cn1nc(CC(=O)O)c(Br)c1-c1cccc(F)c1. The highest BCUT2D eigenvalue weighted by Gasteiger charge is 2.17. The molecule has 0 saturated carbocycles. The van der Waals surface area contributed by atoms with Gasteiger partial charge in [-0.05, 0) is 28.1 Å². The summed E-state index contributed by atoms with van der Waals surface area (Å²) in [6.45, 7) is 0. The number of nitrogens with zero attached hydrogens (tertiary/aromatic N) is 2. The smallest absolute Gasteiger partial charge is 0.309 e. The molecule has 18 heavy (non-hydrogen) atoms. The average molecular weight is 313 g/mol. The second-order valence-electron chi connectivity index (χ2n) is 3.81. The Balaban J connectivity index is 2.51. The van der Waals surface area contributed by atoms with Crippen molar-refractivity contribution < 1.29 is 14.3 Å². The van der Waals surface area contributed by atoms with Crippen molar-refractivity contribution in [1.29, 1.82) is 0 Å². The number of aromatic nitrogens is 2. The van der Waals surface area contributed by atoms with E-state index < -0.39 is 5.97 Å². The molecular formula is C12H10BrFN2O2. The number of halogens is 2. The molecule has 1 aromatic heterocycles. The fourth-order valence-corrected chi connectivity index (χ4v) is 2.46. The number of hydrogen-bond donors (Lipinski definition) is 1. The molecule has 0 aliphatic heterocycles. The zero-order valence-electron chi connectivity index (χ0n) is 9.52. The molecule has 1 aromatic carbocycles. The second-order valence-corrected chi connectivity index (χ2v) is 4.61. The number of hydrogen-bond acceptors (Lipinski definition) is 2. The number of benzene rings is 1. The molecule has 0 spiro atoms. The Labute approximate surface area is 111 Å². The molecule has 0 amide bonds. The summed E-state index contributed by atoms with van der Waals surface area (Å²) >= 11 is 3.32. The summed E-state index contributed by atoms with van der Waals surface area (Å²) in [5, 5.41) is 12.9. The van der Waals surface area contributed by atoms with Crippen molar-refractivity contribution in [1.82, 2.24) is 9.78 Å². The average Bonchev–Trinajstić information content (AvgIpc) is 2.53. The number of carbonyl (C=O) groups is 1. The molecule has 0 bridgehead atoms. The topological polar surface area (TPSA) is 55.1 Å². The number of carboxylic acids is 1. The van der Waals surface area contributed by atoms with E-state index in [0.29, 0.717) is 21.4 Å². The van der Waals surface area contributed by atoms with Gasteiger partial charge < -0.3 is 5.11 Å². The Morgan fingerprint density at radius 3 is 2.89 bits per heavy atom. The summed E-state index contributed by atoms with van der Waals surface area (Å²) in [7, 11) is 1.69. The lowest BCUT2D eigenvalue weighted by Gasteiger charge is -2.02. The van der Waals surface area contributed by atoms with E-state index in [1.165, 1.54) is 16.8 Å². The number of rotatable bonds is 3. The second kappa shape index (κ2) is 4.89. The van der Waals surface area contributed by atoms with Crippen LogP contribution in [0.25, 0.3) is 11.3 Å². The fraction of sp³-hybridized carbons (Fsp3) is 0.167. The van der Waals surface area contributed by atoms with Gasteiger partial charge in [-0.2, -0.15) is 5.10 Å². The Morgan fingerprint density at radius 1 is 1.56 bits per heavy atom. The van der Waals surface area contributed by atoms with Crippen molar-refractivity contribution in [3.05, 3.63) is 40.2 Å². The molecule has 1 heterocycles. The maximum Gasteiger partial charge on any atom is 0.309 e. The molecule has 0 aliphatic rings. The molecule has 0 aliphatic carbocycles. The van der Waals surface area contributed by atoms with E-state index in [1.54, 1.807) is 19.2 Å². The summed E-state index contributed by atoms with van der Waals surface area (Å²) in [5.41, 5.74) is 1.73. The first kappa shape index (κ1) is 12.8. The third kappa shape index (κ3) is 2.43. The highest BCUT2D eigenvalue weighted by molar-refractivity contribution is 9.10. The van der Waals surface area contributed by atoms with Crippen LogP contribution in [0.5, 0.6) is 0 Å². The van der Waals surface area contributed by atoms with E-state index in [0.717, 1.165) is 0 Å². The molecule has 0 radical (unpaired) electrons. The van der Waals surface area contributed by atoms with E-state index in [1.807, 2.05) is 0 Å². The first-order valence-corrected chi connectivity index (χ1v) is 5.97. The van der Waals surface area contributed by atoms with Gasteiger partial charge in [0.15, 0.2) is 0 Å². The Morgan fingerprint density at radius 2 is 2.28 bits per heavy atom. The first-order valence-electron chi connectivity index (χ1n) is 5.18. The predicted molar refractivity (Wildman–Crippen MR) is 67.6 cm³/mol. The molecule has 94 valence electrons. The molecule has 1 N–H and O–H groups in total. The molecule has 6 heteroatoms. The van der Waals surface area contributed by atoms with Gasteiger partial charge in [-0.1, -0.05) is 12.1 Å². The Bertz CT molecular complexity index is 610. The van der Waals surface area contributed by atoms with Crippen molar-refractivity contribution in [2.24, 2.45) is 7.05 Å². The number of aryl methyl sites for hydroxylation is 1. The predicted octanol–water partition coefficient (Wildman–Crippen LogP) is 2.62. The summed E-state index contributed by atoms with van der Waals surface area (Å²) in [4.78, 5) is 10.7. The maximum absolute atomic E-state index is 13.2. The summed E-state index contributed by atoms with van der Waals surface area (Å²) in [6, 6.07) is 6.08. The summed E-state index contributed by atoms with van der Waals surface area (Å²) in [5.74, 6) is -1.31. The van der Waals surface area contributed by atoms with Crippen molar-refractivity contribution in [3.63, 3.8) is 0 Å². The van der Waals surface area contributed by atoms with Crippen molar-refractivity contribution in [2.75, 3.05) is 0 Å². The third-order valence-electron chi connectivity index (χ3n) is 2.47. The minimum atomic E-state index is -0.959. The quantitative estimate of drug-likeness (QED) is 0.948. The van der Waals surface area contributed by atoms with Gasteiger partial charge in [-0.3, -0.25) is 9.48 Å². The van der Waals surface area contributed by atoms with Gasteiger partial charge >= 0.3 is 5.97 Å². The van der Waals surface area contributed by atoms with Gasteiger partial charge in [0.25, 0.3) is 0 Å². The molecule has 4 nitrogen and oxygen atoms in total. The van der Waals surface area contributed by atoms with Crippen LogP contribution in [0.3, 0.4) is 0 Å². The monoisotopic (exact) mass is 312 g/mol. The van der Waals surface area contributed by atoms with Crippen LogP contribution in [0.1, 0.15) is 5.69 Å². The van der Waals surface area contributed by atoms with Gasteiger partial charge in [0.05, 0.1) is 22.3 Å². The molecule has 0 unspecified atom stereocenters. The van der Waals surface area contributed by atoms with Crippen LogP contribution in [0.2, 0.25) is 0 Å². The lowest BCUT2D eigenvalue weighted by atomic mass is 10.1. The van der Waals surface area contributed by atoms with Gasteiger partial charge in [-0.25, -0.2) is 4.39 Å². The summed E-state index contributed by atoms with van der Waals surface area (Å²) in [6.07, 6.45) is -0.177. The van der Waals surface area contributed by atoms with Crippen LogP contribution < -0.4 is 0 Å². The van der Waals surface area contributed by atoms with Crippen molar-refractivity contribution >= 4 is 21.9 Å². The van der Waals surface area contributed by atoms with Gasteiger partial charge in [0.2, 0.25) is 0 Å².